The molecular weight excluding hydrogens is 196 g/mol. The number of nitrogens with two attached hydrogens (primary N) is 1. The lowest BCUT2D eigenvalue weighted by Gasteiger charge is -2.42. The van der Waals surface area contributed by atoms with Gasteiger partial charge in [0, 0.05) is 25.2 Å². The van der Waals surface area contributed by atoms with Gasteiger partial charge in [0.2, 0.25) is 0 Å². The summed E-state index contributed by atoms with van der Waals surface area (Å²) in [5, 5.41) is 0. The second-order valence-corrected chi connectivity index (χ2v) is 6.56. The lowest BCUT2D eigenvalue weighted by Crippen LogP contribution is -2.54. The molecule has 0 bridgehead atoms. The number of rotatable bonds is 2. The first kappa shape index (κ1) is 12.4. The van der Waals surface area contributed by atoms with Crippen LogP contribution in [0.2, 0.25) is 0 Å². The molecule has 0 aromatic carbocycles. The number of nitrogens with zero attached hydrogens (tertiary/aromatic N) is 1. The Morgan fingerprint density at radius 2 is 1.62 bits per heavy atom. The van der Waals surface area contributed by atoms with Crippen molar-refractivity contribution in [1.29, 1.82) is 0 Å². The fourth-order valence-corrected chi connectivity index (χ4v) is 3.78. The minimum absolute atomic E-state index is 0.134. The van der Waals surface area contributed by atoms with Crippen molar-refractivity contribution < 1.29 is 0 Å². The molecule has 2 N–H and O–H groups in total. The quantitative estimate of drug-likeness (QED) is 0.781. The van der Waals surface area contributed by atoms with Crippen LogP contribution in [0.15, 0.2) is 0 Å². The molecule has 2 heteroatoms. The van der Waals surface area contributed by atoms with Crippen LogP contribution < -0.4 is 5.73 Å². The topological polar surface area (TPSA) is 29.3 Å². The van der Waals surface area contributed by atoms with E-state index < -0.39 is 0 Å². The van der Waals surface area contributed by atoms with E-state index in [0.717, 1.165) is 18.4 Å². The second-order valence-electron chi connectivity index (χ2n) is 6.56. The zero-order valence-corrected chi connectivity index (χ0v) is 11.0. The number of hydrogen-bond acceptors (Lipinski definition) is 2. The molecule has 1 heterocycles. The lowest BCUT2D eigenvalue weighted by molar-refractivity contribution is 0.0989. The molecule has 2 fully saturated rings. The Hall–Kier alpha value is -0.0800. The number of piperidine rings is 1. The van der Waals surface area contributed by atoms with Gasteiger partial charge in [0.25, 0.3) is 0 Å². The van der Waals surface area contributed by atoms with Crippen molar-refractivity contribution in [2.45, 2.75) is 57.9 Å². The van der Waals surface area contributed by atoms with E-state index >= 15 is 0 Å². The Bertz CT molecular complexity index is 211. The van der Waals surface area contributed by atoms with Crippen molar-refractivity contribution in [2.24, 2.45) is 17.6 Å². The van der Waals surface area contributed by atoms with Gasteiger partial charge in [0.15, 0.2) is 0 Å². The Labute approximate surface area is 101 Å². The first-order valence-corrected chi connectivity index (χ1v) is 7.09. The zero-order chi connectivity index (χ0) is 11.6. The monoisotopic (exact) mass is 224 g/mol. The average molecular weight is 224 g/mol. The molecule has 0 radical (unpaired) electrons. The molecule has 0 spiro atoms. The van der Waals surface area contributed by atoms with Gasteiger partial charge in [0.1, 0.15) is 0 Å². The molecule has 0 aromatic rings. The summed E-state index contributed by atoms with van der Waals surface area (Å²) in [4.78, 5) is 2.63. The van der Waals surface area contributed by atoms with Gasteiger partial charge in [-0.25, -0.2) is 0 Å². The van der Waals surface area contributed by atoms with E-state index in [-0.39, 0.29) is 5.54 Å². The van der Waals surface area contributed by atoms with E-state index in [0.29, 0.717) is 0 Å². The van der Waals surface area contributed by atoms with Crippen molar-refractivity contribution in [3.8, 4) is 0 Å². The van der Waals surface area contributed by atoms with Gasteiger partial charge in [-0.1, -0.05) is 33.1 Å². The predicted octanol–water partition coefficient (Wildman–Crippen LogP) is 2.63. The third-order valence-corrected chi connectivity index (χ3v) is 4.33. The van der Waals surface area contributed by atoms with Gasteiger partial charge in [-0.05, 0) is 31.1 Å². The van der Waals surface area contributed by atoms with Crippen LogP contribution in [-0.4, -0.2) is 30.1 Å². The zero-order valence-electron chi connectivity index (χ0n) is 11.0. The molecular formula is C14H28N2. The highest BCUT2D eigenvalue weighted by molar-refractivity contribution is 4.91. The van der Waals surface area contributed by atoms with Crippen LogP contribution in [0, 0.1) is 11.8 Å². The summed E-state index contributed by atoms with van der Waals surface area (Å²) in [5.74, 6) is 1.71. The molecule has 2 atom stereocenters. The van der Waals surface area contributed by atoms with E-state index in [1.54, 1.807) is 0 Å². The summed E-state index contributed by atoms with van der Waals surface area (Å²) < 4.78 is 0. The molecule has 1 aliphatic carbocycles. The molecule has 2 aliphatic rings. The molecule has 0 amide bonds. The molecule has 0 aromatic heterocycles. The summed E-state index contributed by atoms with van der Waals surface area (Å²) in [7, 11) is 0. The molecule has 94 valence electrons. The number of likely N-dealkylation sites (tertiary alicyclic amines) is 1. The van der Waals surface area contributed by atoms with Crippen molar-refractivity contribution >= 4 is 0 Å². The normalized spacial score (nSPS) is 36.2. The minimum Gasteiger partial charge on any atom is -0.324 e. The van der Waals surface area contributed by atoms with Crippen LogP contribution >= 0.6 is 0 Å². The maximum absolute atomic E-state index is 6.54. The first-order valence-electron chi connectivity index (χ1n) is 7.09. The highest BCUT2D eigenvalue weighted by atomic mass is 15.2. The van der Waals surface area contributed by atoms with E-state index in [1.807, 2.05) is 0 Å². The molecule has 2 unspecified atom stereocenters. The van der Waals surface area contributed by atoms with Crippen molar-refractivity contribution in [3.05, 3.63) is 0 Å². The Balaban J connectivity index is 1.87. The minimum atomic E-state index is 0.134. The van der Waals surface area contributed by atoms with Gasteiger partial charge in [-0.15, -0.1) is 0 Å². The molecule has 1 saturated carbocycles. The standard InChI is InChI=1S/C14H28N2/c1-12-8-13(2)10-16(9-12)11-14(15)6-4-3-5-7-14/h12-13H,3-11,15H2,1-2H3. The highest BCUT2D eigenvalue weighted by Crippen LogP contribution is 2.29. The third-order valence-electron chi connectivity index (χ3n) is 4.33. The van der Waals surface area contributed by atoms with Gasteiger partial charge in [-0.2, -0.15) is 0 Å². The Morgan fingerprint density at radius 3 is 2.19 bits per heavy atom. The van der Waals surface area contributed by atoms with Crippen LogP contribution in [0.3, 0.4) is 0 Å². The van der Waals surface area contributed by atoms with Crippen LogP contribution in [0.1, 0.15) is 52.4 Å². The average Bonchev–Trinajstić information content (AvgIpc) is 2.15. The smallest absolute Gasteiger partial charge is 0.0283 e. The summed E-state index contributed by atoms with van der Waals surface area (Å²) in [6.45, 7) is 8.44. The van der Waals surface area contributed by atoms with Crippen LogP contribution in [-0.2, 0) is 0 Å². The molecule has 16 heavy (non-hydrogen) atoms. The first-order chi connectivity index (χ1) is 7.57. The highest BCUT2D eigenvalue weighted by Gasteiger charge is 2.32. The van der Waals surface area contributed by atoms with Gasteiger partial charge < -0.3 is 10.6 Å². The second kappa shape index (κ2) is 5.05. The van der Waals surface area contributed by atoms with Gasteiger partial charge in [0.05, 0.1) is 0 Å². The van der Waals surface area contributed by atoms with Crippen LogP contribution in [0.5, 0.6) is 0 Å². The Morgan fingerprint density at radius 1 is 1.06 bits per heavy atom. The summed E-state index contributed by atoms with van der Waals surface area (Å²) in [6, 6.07) is 0. The van der Waals surface area contributed by atoms with Gasteiger partial charge >= 0.3 is 0 Å². The van der Waals surface area contributed by atoms with Crippen molar-refractivity contribution in [1.82, 2.24) is 4.90 Å². The molecule has 1 aliphatic heterocycles. The van der Waals surface area contributed by atoms with Crippen molar-refractivity contribution in [2.75, 3.05) is 19.6 Å². The van der Waals surface area contributed by atoms with Crippen LogP contribution in [0.25, 0.3) is 0 Å². The van der Waals surface area contributed by atoms with E-state index in [4.69, 9.17) is 5.73 Å². The fraction of sp³-hybridized carbons (Fsp3) is 1.00. The fourth-order valence-electron chi connectivity index (χ4n) is 3.78. The maximum Gasteiger partial charge on any atom is 0.0283 e. The molecule has 2 nitrogen and oxygen atoms in total. The SMILES string of the molecule is CC1CC(C)CN(CC2(N)CCCCC2)C1. The van der Waals surface area contributed by atoms with E-state index in [1.165, 1.54) is 51.6 Å². The molecule has 2 rings (SSSR count). The van der Waals surface area contributed by atoms with E-state index in [9.17, 15) is 0 Å². The Kier molecular flexibility index (Phi) is 3.91. The van der Waals surface area contributed by atoms with Crippen molar-refractivity contribution in [3.63, 3.8) is 0 Å². The third kappa shape index (κ3) is 3.21. The summed E-state index contributed by atoms with van der Waals surface area (Å²) in [6.07, 6.45) is 7.96. The van der Waals surface area contributed by atoms with Gasteiger partial charge in [-0.3, -0.25) is 0 Å². The van der Waals surface area contributed by atoms with E-state index in [2.05, 4.69) is 18.7 Å². The largest absolute Gasteiger partial charge is 0.324 e. The van der Waals surface area contributed by atoms with Crippen LogP contribution in [0.4, 0.5) is 0 Å². The predicted molar refractivity (Wildman–Crippen MR) is 69.4 cm³/mol. The molecule has 1 saturated heterocycles. The maximum atomic E-state index is 6.54. The summed E-state index contributed by atoms with van der Waals surface area (Å²) >= 11 is 0. The summed E-state index contributed by atoms with van der Waals surface area (Å²) in [5.41, 5.74) is 6.67. The lowest BCUT2D eigenvalue weighted by atomic mass is 9.81. The number of hydrogen-bond donors (Lipinski definition) is 1.